The second kappa shape index (κ2) is 9.92. The van der Waals surface area contributed by atoms with Crippen molar-refractivity contribution in [3.05, 3.63) is 59.8 Å². The van der Waals surface area contributed by atoms with Crippen LogP contribution in [0.2, 0.25) is 0 Å². The molecule has 2 heterocycles. The minimum Gasteiger partial charge on any atom is -0.481 e. The van der Waals surface area contributed by atoms with Crippen molar-refractivity contribution in [3.8, 4) is 5.88 Å². The first-order valence-electron chi connectivity index (χ1n) is 9.52. The summed E-state index contributed by atoms with van der Waals surface area (Å²) < 4.78 is 5.18. The summed E-state index contributed by atoms with van der Waals surface area (Å²) in [6.07, 6.45) is 4.31. The summed E-state index contributed by atoms with van der Waals surface area (Å²) in [7, 11) is 3.43. The average molecular weight is 367 g/mol. The number of methoxy groups -OCH3 is 1. The highest BCUT2D eigenvalue weighted by Gasteiger charge is 2.23. The fourth-order valence-corrected chi connectivity index (χ4v) is 3.46. The van der Waals surface area contributed by atoms with Gasteiger partial charge in [-0.2, -0.15) is 0 Å². The number of likely N-dealkylation sites (tertiary alicyclic amines) is 1. The number of pyridine rings is 1. The number of benzene rings is 1. The van der Waals surface area contributed by atoms with E-state index in [2.05, 4.69) is 55.8 Å². The summed E-state index contributed by atoms with van der Waals surface area (Å²) in [5.74, 6) is 1.42. The molecule has 1 saturated heterocycles. The van der Waals surface area contributed by atoms with Gasteiger partial charge in [0.25, 0.3) is 0 Å². The van der Waals surface area contributed by atoms with Crippen molar-refractivity contribution in [1.29, 1.82) is 0 Å². The van der Waals surface area contributed by atoms with Gasteiger partial charge in [-0.3, -0.25) is 9.89 Å². The Morgan fingerprint density at radius 1 is 1.19 bits per heavy atom. The monoisotopic (exact) mass is 367 g/mol. The van der Waals surface area contributed by atoms with Crippen LogP contribution in [0.25, 0.3) is 0 Å². The number of aromatic nitrogens is 1. The van der Waals surface area contributed by atoms with Crippen molar-refractivity contribution in [2.45, 2.75) is 25.4 Å². The molecule has 6 heteroatoms. The van der Waals surface area contributed by atoms with E-state index in [4.69, 9.17) is 4.74 Å². The second-order valence-corrected chi connectivity index (χ2v) is 6.68. The molecule has 1 aromatic heterocycles. The lowest BCUT2D eigenvalue weighted by Gasteiger charge is -2.29. The highest BCUT2D eigenvalue weighted by atomic mass is 16.5. The Morgan fingerprint density at radius 2 is 1.96 bits per heavy atom. The Kier molecular flexibility index (Phi) is 7.04. The molecular formula is C21H29N5O. The molecule has 1 fully saturated rings. The number of nitrogens with zero attached hydrogens (tertiary/aromatic N) is 3. The largest absolute Gasteiger partial charge is 0.481 e. The molecule has 1 unspecified atom stereocenters. The first kappa shape index (κ1) is 19.2. The molecule has 1 atom stereocenters. The predicted octanol–water partition coefficient (Wildman–Crippen LogP) is 2.59. The molecule has 2 aromatic rings. The zero-order valence-corrected chi connectivity index (χ0v) is 16.2. The van der Waals surface area contributed by atoms with Crippen LogP contribution in [0.1, 0.15) is 30.0 Å². The lowest BCUT2D eigenvalue weighted by molar-refractivity contribution is 0.245. The van der Waals surface area contributed by atoms with Crippen LogP contribution in [-0.2, 0) is 6.54 Å². The highest BCUT2D eigenvalue weighted by Crippen LogP contribution is 2.24. The molecule has 1 aliphatic rings. The van der Waals surface area contributed by atoms with Crippen molar-refractivity contribution in [3.63, 3.8) is 0 Å². The highest BCUT2D eigenvalue weighted by molar-refractivity contribution is 5.79. The van der Waals surface area contributed by atoms with Crippen LogP contribution in [0.5, 0.6) is 5.88 Å². The molecule has 3 rings (SSSR count). The zero-order valence-electron chi connectivity index (χ0n) is 16.2. The van der Waals surface area contributed by atoms with Gasteiger partial charge in [-0.15, -0.1) is 0 Å². The molecule has 0 saturated carbocycles. The van der Waals surface area contributed by atoms with Crippen LogP contribution in [0.15, 0.2) is 53.7 Å². The van der Waals surface area contributed by atoms with Gasteiger partial charge in [0, 0.05) is 32.4 Å². The van der Waals surface area contributed by atoms with Crippen LogP contribution >= 0.6 is 0 Å². The zero-order chi connectivity index (χ0) is 18.9. The topological polar surface area (TPSA) is 61.8 Å². The molecule has 2 N–H and O–H groups in total. The Hall–Kier alpha value is -2.60. The first-order chi connectivity index (χ1) is 13.3. The Morgan fingerprint density at radius 3 is 2.67 bits per heavy atom. The molecule has 0 spiro atoms. The van der Waals surface area contributed by atoms with Crippen molar-refractivity contribution in [2.24, 2.45) is 4.99 Å². The van der Waals surface area contributed by atoms with Gasteiger partial charge in [-0.25, -0.2) is 4.98 Å². The van der Waals surface area contributed by atoms with E-state index in [1.807, 2.05) is 12.1 Å². The van der Waals surface area contributed by atoms with Crippen LogP contribution in [0, 0.1) is 0 Å². The maximum absolute atomic E-state index is 5.18. The van der Waals surface area contributed by atoms with Gasteiger partial charge in [0.05, 0.1) is 13.2 Å². The number of nitrogens with one attached hydrogen (secondary N) is 2. The summed E-state index contributed by atoms with van der Waals surface area (Å²) >= 11 is 0. The quantitative estimate of drug-likeness (QED) is 0.582. The summed E-state index contributed by atoms with van der Waals surface area (Å²) in [6, 6.07) is 15.0. The van der Waals surface area contributed by atoms with Crippen molar-refractivity contribution < 1.29 is 4.74 Å². The number of ether oxygens (including phenoxy) is 1. The number of rotatable bonds is 7. The molecule has 0 radical (unpaired) electrons. The maximum Gasteiger partial charge on any atom is 0.213 e. The smallest absolute Gasteiger partial charge is 0.213 e. The van der Waals surface area contributed by atoms with Gasteiger partial charge >= 0.3 is 0 Å². The molecule has 0 amide bonds. The van der Waals surface area contributed by atoms with Crippen LogP contribution in [-0.4, -0.2) is 49.6 Å². The van der Waals surface area contributed by atoms with Crippen molar-refractivity contribution in [2.75, 3.05) is 33.8 Å². The van der Waals surface area contributed by atoms with Gasteiger partial charge < -0.3 is 15.4 Å². The molecule has 0 bridgehead atoms. The minimum atomic E-state index is 0.355. The van der Waals surface area contributed by atoms with Crippen molar-refractivity contribution in [1.82, 2.24) is 20.5 Å². The number of hydrogen-bond acceptors (Lipinski definition) is 4. The molecular weight excluding hydrogens is 338 g/mol. The number of hydrogen-bond donors (Lipinski definition) is 2. The Balaban J connectivity index is 1.59. The van der Waals surface area contributed by atoms with Gasteiger partial charge in [0.15, 0.2) is 5.96 Å². The van der Waals surface area contributed by atoms with Gasteiger partial charge in [0.2, 0.25) is 5.88 Å². The summed E-state index contributed by atoms with van der Waals surface area (Å²) in [6.45, 7) is 3.80. The molecule has 1 aromatic carbocycles. The predicted molar refractivity (Wildman–Crippen MR) is 109 cm³/mol. The second-order valence-electron chi connectivity index (χ2n) is 6.68. The van der Waals surface area contributed by atoms with Crippen molar-refractivity contribution >= 4 is 5.96 Å². The summed E-state index contributed by atoms with van der Waals surface area (Å²) in [5.41, 5.74) is 2.45. The SMILES string of the molecule is CN=C(NCc1ccnc(OC)c1)NCC(c1ccccc1)N1CCCC1. The standard InChI is InChI=1S/C21H29N5O/c1-22-21(24-15-17-10-11-23-20(14-17)27-2)25-16-19(26-12-6-7-13-26)18-8-4-3-5-9-18/h3-5,8-11,14,19H,6-7,12-13,15-16H2,1-2H3,(H2,22,24,25). The minimum absolute atomic E-state index is 0.355. The van der Waals surface area contributed by atoms with Crippen LogP contribution in [0.3, 0.4) is 0 Å². The summed E-state index contributed by atoms with van der Waals surface area (Å²) in [4.78, 5) is 11.1. The first-order valence-corrected chi connectivity index (χ1v) is 9.52. The molecule has 27 heavy (non-hydrogen) atoms. The average Bonchev–Trinajstić information content (AvgIpc) is 3.26. The number of aliphatic imine (C=N–C) groups is 1. The Labute approximate surface area is 161 Å². The van der Waals surface area contributed by atoms with E-state index in [-0.39, 0.29) is 0 Å². The fraction of sp³-hybridized carbons (Fsp3) is 0.429. The van der Waals surface area contributed by atoms with E-state index in [0.29, 0.717) is 18.5 Å². The van der Waals surface area contributed by atoms with Crippen LogP contribution in [0.4, 0.5) is 0 Å². The third-order valence-corrected chi connectivity index (χ3v) is 4.92. The Bertz CT molecular complexity index is 728. The fourth-order valence-electron chi connectivity index (χ4n) is 3.46. The normalized spacial score (nSPS) is 16.1. The van der Waals surface area contributed by atoms with Gasteiger partial charge in [-0.05, 0) is 43.1 Å². The lowest BCUT2D eigenvalue weighted by Crippen LogP contribution is -2.42. The van der Waals surface area contributed by atoms with E-state index in [0.717, 1.165) is 31.2 Å². The number of guanidine groups is 1. The van der Waals surface area contributed by atoms with E-state index in [1.165, 1.54) is 18.4 Å². The van der Waals surface area contributed by atoms with E-state index in [1.54, 1.807) is 20.4 Å². The van der Waals surface area contributed by atoms with Crippen LogP contribution < -0.4 is 15.4 Å². The molecule has 0 aliphatic carbocycles. The third-order valence-electron chi connectivity index (χ3n) is 4.92. The third kappa shape index (κ3) is 5.44. The molecule has 144 valence electrons. The molecule has 1 aliphatic heterocycles. The van der Waals surface area contributed by atoms with E-state index >= 15 is 0 Å². The van der Waals surface area contributed by atoms with Gasteiger partial charge in [0.1, 0.15) is 0 Å². The van der Waals surface area contributed by atoms with Gasteiger partial charge in [-0.1, -0.05) is 30.3 Å². The lowest BCUT2D eigenvalue weighted by atomic mass is 10.1. The van der Waals surface area contributed by atoms with E-state index < -0.39 is 0 Å². The van der Waals surface area contributed by atoms with E-state index in [9.17, 15) is 0 Å². The molecule has 6 nitrogen and oxygen atoms in total. The maximum atomic E-state index is 5.18. The summed E-state index contributed by atoms with van der Waals surface area (Å²) in [5, 5.41) is 6.87.